The van der Waals surface area contributed by atoms with Crippen molar-refractivity contribution in [2.75, 3.05) is 0 Å². The fraction of sp³-hybridized carbons (Fsp3) is 0.333. The van der Waals surface area contributed by atoms with Crippen LogP contribution in [0.15, 0.2) is 59.7 Å². The largest absolute Gasteiger partial charge is 0.329 e. The highest BCUT2D eigenvalue weighted by molar-refractivity contribution is 5.75. The molecule has 1 aliphatic carbocycles. The lowest BCUT2D eigenvalue weighted by atomic mass is 9.94. The molecule has 0 bridgehead atoms. The molecule has 0 amide bonds. The molecule has 0 unspecified atom stereocenters. The maximum absolute atomic E-state index is 12.9. The second-order valence-corrected chi connectivity index (χ2v) is 6.72. The van der Waals surface area contributed by atoms with Gasteiger partial charge >= 0.3 is 0 Å². The summed E-state index contributed by atoms with van der Waals surface area (Å²) in [6.07, 6.45) is 10.7. The van der Waals surface area contributed by atoms with Gasteiger partial charge in [-0.1, -0.05) is 49.6 Å². The predicted octanol–water partition coefficient (Wildman–Crippen LogP) is 4.49. The number of pyridine rings is 2. The monoisotopic (exact) mass is 318 g/mol. The van der Waals surface area contributed by atoms with E-state index >= 15 is 0 Å². The molecular formula is C21H22N2O. The molecule has 1 aromatic carbocycles. The van der Waals surface area contributed by atoms with Gasteiger partial charge in [0.2, 0.25) is 0 Å². The molecule has 4 rings (SSSR count). The lowest BCUT2D eigenvalue weighted by molar-refractivity contribution is 0.357. The molecule has 1 saturated carbocycles. The lowest BCUT2D eigenvalue weighted by Crippen LogP contribution is -2.20. The first-order chi connectivity index (χ1) is 11.8. The highest BCUT2D eigenvalue weighted by Gasteiger charge is 2.19. The van der Waals surface area contributed by atoms with E-state index in [2.05, 4.69) is 27.9 Å². The van der Waals surface area contributed by atoms with Crippen molar-refractivity contribution in [2.45, 2.75) is 44.6 Å². The Bertz CT molecular complexity index is 893. The van der Waals surface area contributed by atoms with Crippen molar-refractivity contribution in [1.29, 1.82) is 0 Å². The zero-order chi connectivity index (χ0) is 16.4. The molecule has 122 valence electrons. The van der Waals surface area contributed by atoms with Crippen LogP contribution in [-0.4, -0.2) is 9.55 Å². The molecule has 1 aliphatic rings. The molecule has 2 aromatic heterocycles. The minimum absolute atomic E-state index is 0.119. The van der Waals surface area contributed by atoms with E-state index in [4.69, 9.17) is 0 Å². The van der Waals surface area contributed by atoms with Gasteiger partial charge in [-0.3, -0.25) is 4.79 Å². The molecule has 0 N–H and O–H groups in total. The summed E-state index contributed by atoms with van der Waals surface area (Å²) in [5, 5.41) is 0.747. The molecule has 0 aliphatic heterocycles. The molecule has 3 nitrogen and oxygen atoms in total. The van der Waals surface area contributed by atoms with Gasteiger partial charge in [-0.05, 0) is 30.5 Å². The third-order valence-electron chi connectivity index (χ3n) is 5.07. The Labute approximate surface area is 142 Å². The van der Waals surface area contributed by atoms with E-state index in [0.29, 0.717) is 12.5 Å². The number of rotatable bonds is 3. The minimum Gasteiger partial charge on any atom is -0.329 e. The first-order valence-corrected chi connectivity index (χ1v) is 8.85. The average Bonchev–Trinajstić information content (AvgIpc) is 2.66. The van der Waals surface area contributed by atoms with E-state index in [0.717, 1.165) is 16.6 Å². The molecule has 0 atom stereocenters. The van der Waals surface area contributed by atoms with Gasteiger partial charge in [0.25, 0.3) is 0 Å². The summed E-state index contributed by atoms with van der Waals surface area (Å²) in [4.78, 5) is 17.4. The molecule has 3 aromatic rings. The summed E-state index contributed by atoms with van der Waals surface area (Å²) >= 11 is 0. The lowest BCUT2D eigenvalue weighted by Gasteiger charge is -2.26. The van der Waals surface area contributed by atoms with Crippen molar-refractivity contribution in [3.05, 3.63) is 76.2 Å². The maximum Gasteiger partial charge on any atom is 0.194 e. The van der Waals surface area contributed by atoms with Crippen molar-refractivity contribution in [3.63, 3.8) is 0 Å². The summed E-state index contributed by atoms with van der Waals surface area (Å²) in [5.41, 5.74) is 3.00. The van der Waals surface area contributed by atoms with Crippen LogP contribution in [0.2, 0.25) is 0 Å². The van der Waals surface area contributed by atoms with Gasteiger partial charge in [0.1, 0.15) is 5.65 Å². The summed E-state index contributed by atoms with van der Waals surface area (Å²) < 4.78 is 2.27. The average molecular weight is 318 g/mol. The van der Waals surface area contributed by atoms with Crippen LogP contribution < -0.4 is 5.43 Å². The molecule has 0 spiro atoms. The van der Waals surface area contributed by atoms with Crippen LogP contribution >= 0.6 is 0 Å². The number of fused-ring (bicyclic) bond motifs is 1. The Kier molecular flexibility index (Phi) is 4.16. The van der Waals surface area contributed by atoms with Crippen molar-refractivity contribution < 1.29 is 0 Å². The summed E-state index contributed by atoms with van der Waals surface area (Å²) in [5.74, 6) is 0. The Morgan fingerprint density at radius 3 is 2.58 bits per heavy atom. The Morgan fingerprint density at radius 2 is 1.79 bits per heavy atom. The van der Waals surface area contributed by atoms with Crippen LogP contribution in [0.5, 0.6) is 0 Å². The third kappa shape index (κ3) is 2.86. The minimum atomic E-state index is 0.119. The molecule has 24 heavy (non-hydrogen) atoms. The molecule has 3 heteroatoms. The third-order valence-corrected chi connectivity index (χ3v) is 5.07. The number of nitrogens with zero attached hydrogens (tertiary/aromatic N) is 2. The SMILES string of the molecule is O=c1c(Cc2ccccc2)cn(C2CCCCC2)c2ncccc12. The van der Waals surface area contributed by atoms with Crippen molar-refractivity contribution >= 4 is 11.0 Å². The maximum atomic E-state index is 12.9. The smallest absolute Gasteiger partial charge is 0.194 e. The van der Waals surface area contributed by atoms with E-state index in [-0.39, 0.29) is 5.43 Å². The highest BCUT2D eigenvalue weighted by atomic mass is 16.1. The molecule has 2 heterocycles. The molecule has 1 fully saturated rings. The van der Waals surface area contributed by atoms with Crippen LogP contribution in [0.1, 0.15) is 49.3 Å². The number of hydrogen-bond donors (Lipinski definition) is 0. The van der Waals surface area contributed by atoms with Crippen LogP contribution in [0, 0.1) is 0 Å². The van der Waals surface area contributed by atoms with E-state index in [1.807, 2.05) is 30.3 Å². The number of aromatic nitrogens is 2. The number of hydrogen-bond acceptors (Lipinski definition) is 2. The fourth-order valence-electron chi connectivity index (χ4n) is 3.82. The normalized spacial score (nSPS) is 15.7. The van der Waals surface area contributed by atoms with Gasteiger partial charge in [-0.25, -0.2) is 4.98 Å². The Hall–Kier alpha value is -2.42. The van der Waals surface area contributed by atoms with Gasteiger partial charge in [-0.2, -0.15) is 0 Å². The van der Waals surface area contributed by atoms with Gasteiger partial charge in [0.05, 0.1) is 5.39 Å². The van der Waals surface area contributed by atoms with Crippen molar-refractivity contribution in [3.8, 4) is 0 Å². The zero-order valence-corrected chi connectivity index (χ0v) is 13.8. The van der Waals surface area contributed by atoms with Crippen molar-refractivity contribution in [1.82, 2.24) is 9.55 Å². The highest BCUT2D eigenvalue weighted by Crippen LogP contribution is 2.30. The Balaban J connectivity index is 1.84. The van der Waals surface area contributed by atoms with Crippen LogP contribution in [0.25, 0.3) is 11.0 Å². The summed E-state index contributed by atoms with van der Waals surface area (Å²) in [7, 11) is 0. The molecule has 0 radical (unpaired) electrons. The van der Waals surface area contributed by atoms with Crippen LogP contribution in [0.3, 0.4) is 0 Å². The van der Waals surface area contributed by atoms with E-state index in [1.54, 1.807) is 6.20 Å². The van der Waals surface area contributed by atoms with E-state index in [9.17, 15) is 4.79 Å². The standard InChI is InChI=1S/C21H22N2O/c24-20-17(14-16-8-3-1-4-9-16)15-23(18-10-5-2-6-11-18)21-19(20)12-7-13-22-21/h1,3-4,7-9,12-13,15,18H,2,5-6,10-11,14H2. The van der Waals surface area contributed by atoms with E-state index in [1.165, 1.54) is 37.7 Å². The topological polar surface area (TPSA) is 34.9 Å². The first kappa shape index (κ1) is 15.1. The second-order valence-electron chi connectivity index (χ2n) is 6.72. The Morgan fingerprint density at radius 1 is 1.00 bits per heavy atom. The van der Waals surface area contributed by atoms with Crippen LogP contribution in [0.4, 0.5) is 0 Å². The number of benzene rings is 1. The quantitative estimate of drug-likeness (QED) is 0.713. The zero-order valence-electron chi connectivity index (χ0n) is 13.8. The summed E-state index contributed by atoms with van der Waals surface area (Å²) in [6.45, 7) is 0. The second kappa shape index (κ2) is 6.60. The molecular weight excluding hydrogens is 296 g/mol. The fourth-order valence-corrected chi connectivity index (χ4v) is 3.82. The predicted molar refractivity (Wildman–Crippen MR) is 97.4 cm³/mol. The van der Waals surface area contributed by atoms with Gasteiger partial charge in [0.15, 0.2) is 5.43 Å². The van der Waals surface area contributed by atoms with Gasteiger partial charge in [0, 0.05) is 30.4 Å². The first-order valence-electron chi connectivity index (χ1n) is 8.85. The van der Waals surface area contributed by atoms with Crippen molar-refractivity contribution in [2.24, 2.45) is 0 Å². The van der Waals surface area contributed by atoms with Gasteiger partial charge in [-0.15, -0.1) is 0 Å². The van der Waals surface area contributed by atoms with Gasteiger partial charge < -0.3 is 4.57 Å². The van der Waals surface area contributed by atoms with E-state index < -0.39 is 0 Å². The molecule has 0 saturated heterocycles. The summed E-state index contributed by atoms with van der Waals surface area (Å²) in [6, 6.07) is 14.5. The van der Waals surface area contributed by atoms with Crippen LogP contribution in [-0.2, 0) is 6.42 Å².